The molecular weight excluding hydrogens is 969 g/mol. The first-order valence-corrected chi connectivity index (χ1v) is 30.4. The molecule has 0 aliphatic carbocycles. The molecule has 0 spiro atoms. The summed E-state index contributed by atoms with van der Waals surface area (Å²) in [5.74, 6) is -0.379. The van der Waals surface area contributed by atoms with Crippen molar-refractivity contribution in [1.29, 1.82) is 0 Å². The number of aliphatic hydroxyl groups excluding tert-OH is 7. The van der Waals surface area contributed by atoms with Crippen LogP contribution in [-0.2, 0) is 33.2 Å². The first kappa shape index (κ1) is 69.8. The van der Waals surface area contributed by atoms with Gasteiger partial charge in [-0.15, -0.1) is 0 Å². The molecule has 0 aromatic carbocycles. The van der Waals surface area contributed by atoms with Crippen LogP contribution in [0.4, 0.5) is 0 Å². The maximum atomic E-state index is 13.1. The van der Waals surface area contributed by atoms with Crippen LogP contribution < -0.4 is 0 Å². The van der Waals surface area contributed by atoms with E-state index in [0.717, 1.165) is 89.9 Å². The van der Waals surface area contributed by atoms with E-state index in [4.69, 9.17) is 28.4 Å². The van der Waals surface area contributed by atoms with Gasteiger partial charge >= 0.3 is 5.97 Å². The normalized spacial score (nSPS) is 24.9. The number of esters is 1. The van der Waals surface area contributed by atoms with Gasteiger partial charge in [-0.05, 0) is 57.8 Å². The third-order valence-electron chi connectivity index (χ3n) is 14.3. The van der Waals surface area contributed by atoms with E-state index in [1.54, 1.807) is 0 Å². The van der Waals surface area contributed by atoms with Crippen molar-refractivity contribution in [2.24, 2.45) is 0 Å². The lowest BCUT2D eigenvalue weighted by Gasteiger charge is -2.42. The number of hydrogen-bond acceptors (Lipinski definition) is 14. The lowest BCUT2D eigenvalue weighted by Crippen LogP contribution is -2.61. The molecule has 2 heterocycles. The minimum atomic E-state index is -1.71. The largest absolute Gasteiger partial charge is 0.457 e. The van der Waals surface area contributed by atoms with E-state index < -0.39 is 80.7 Å². The first-order valence-electron chi connectivity index (χ1n) is 30.4. The standard InChI is InChI=1S/C62H110O14/c1-3-5-7-9-11-13-15-17-19-21-23-25-26-28-30-32-34-36-38-40-42-44-46-71-48-51(74-54(64)45-43-41-39-37-35-33-31-29-27-24-22-20-18-16-14-12-10-8-6-4-2)49-72-61-60(70)58(68)56(66)53(76-61)50-73-62-59(69)57(67)55(65)52(47-63)75-62/h5,7,11,13,17,19,23,25,28,30,51-53,55-63,65-70H,3-4,6,8-10,12,14-16,18,20-22,24,26-27,29,31-50H2,1-2H3/b7-5-,13-11-,19-17-,25-23-,30-28-. The van der Waals surface area contributed by atoms with E-state index >= 15 is 0 Å². The summed E-state index contributed by atoms with van der Waals surface area (Å²) in [6.07, 6.45) is 44.2. The van der Waals surface area contributed by atoms with Gasteiger partial charge in [0.25, 0.3) is 0 Å². The lowest BCUT2D eigenvalue weighted by molar-refractivity contribution is -0.332. The summed E-state index contributed by atoms with van der Waals surface area (Å²) >= 11 is 0. The van der Waals surface area contributed by atoms with Crippen LogP contribution in [0.3, 0.4) is 0 Å². The molecule has 0 aromatic rings. The van der Waals surface area contributed by atoms with Crippen LogP contribution in [0.1, 0.15) is 226 Å². The molecule has 0 amide bonds. The van der Waals surface area contributed by atoms with Gasteiger partial charge < -0.3 is 64.2 Å². The van der Waals surface area contributed by atoms with Gasteiger partial charge in [-0.25, -0.2) is 0 Å². The maximum Gasteiger partial charge on any atom is 0.306 e. The zero-order valence-corrected chi connectivity index (χ0v) is 47.5. The fraction of sp³-hybridized carbons (Fsp3) is 0.823. The van der Waals surface area contributed by atoms with E-state index in [2.05, 4.69) is 74.6 Å². The zero-order valence-electron chi connectivity index (χ0n) is 47.5. The van der Waals surface area contributed by atoms with Gasteiger partial charge in [-0.1, -0.05) is 222 Å². The van der Waals surface area contributed by atoms with Crippen molar-refractivity contribution in [3.63, 3.8) is 0 Å². The highest BCUT2D eigenvalue weighted by molar-refractivity contribution is 5.69. The summed E-state index contributed by atoms with van der Waals surface area (Å²) in [6.45, 7) is 3.57. The van der Waals surface area contributed by atoms with Crippen molar-refractivity contribution >= 4 is 5.97 Å². The Bertz CT molecular complexity index is 1490. The average Bonchev–Trinajstić information content (AvgIpc) is 3.42. The second-order valence-electron chi connectivity index (χ2n) is 21.2. The minimum absolute atomic E-state index is 0.0515. The Morgan fingerprint density at radius 3 is 1.34 bits per heavy atom. The molecular formula is C62H110O14. The van der Waals surface area contributed by atoms with Crippen LogP contribution in [0, 0.1) is 0 Å². The monoisotopic (exact) mass is 1080 g/mol. The molecule has 2 aliphatic rings. The summed E-state index contributed by atoms with van der Waals surface area (Å²) in [4.78, 5) is 13.1. The van der Waals surface area contributed by atoms with Crippen LogP contribution >= 0.6 is 0 Å². The summed E-state index contributed by atoms with van der Waals surface area (Å²) in [7, 11) is 0. The quantitative estimate of drug-likeness (QED) is 0.0172. The molecule has 2 fully saturated rings. The molecule has 0 bridgehead atoms. The van der Waals surface area contributed by atoms with Crippen molar-refractivity contribution in [3.05, 3.63) is 60.8 Å². The summed E-state index contributed by atoms with van der Waals surface area (Å²) in [6, 6.07) is 0. The van der Waals surface area contributed by atoms with Gasteiger partial charge in [0, 0.05) is 13.0 Å². The van der Waals surface area contributed by atoms with Crippen LogP contribution in [0.15, 0.2) is 60.8 Å². The summed E-state index contributed by atoms with van der Waals surface area (Å²) < 4.78 is 34.4. The van der Waals surface area contributed by atoms with Crippen LogP contribution in [0.2, 0.25) is 0 Å². The number of rotatable bonds is 49. The topological polar surface area (TPSA) is 214 Å². The third-order valence-corrected chi connectivity index (χ3v) is 14.3. The van der Waals surface area contributed by atoms with E-state index in [1.807, 2.05) is 0 Å². The zero-order chi connectivity index (χ0) is 55.1. The van der Waals surface area contributed by atoms with Crippen LogP contribution in [-0.4, -0.2) is 142 Å². The van der Waals surface area contributed by atoms with Crippen molar-refractivity contribution in [2.75, 3.05) is 33.0 Å². The highest BCUT2D eigenvalue weighted by atomic mass is 16.7. The van der Waals surface area contributed by atoms with E-state index in [1.165, 1.54) is 109 Å². The molecule has 7 N–H and O–H groups in total. The van der Waals surface area contributed by atoms with Gasteiger partial charge in [0.05, 0.1) is 26.4 Å². The van der Waals surface area contributed by atoms with E-state index in [9.17, 15) is 40.5 Å². The van der Waals surface area contributed by atoms with Crippen molar-refractivity contribution in [1.82, 2.24) is 0 Å². The highest BCUT2D eigenvalue weighted by Gasteiger charge is 2.47. The Labute approximate surface area is 460 Å². The summed E-state index contributed by atoms with van der Waals surface area (Å²) in [5, 5.41) is 72.4. The molecule has 11 atom stereocenters. The Morgan fingerprint density at radius 2 is 0.855 bits per heavy atom. The molecule has 442 valence electrons. The number of allylic oxidation sites excluding steroid dienone is 10. The number of ether oxygens (including phenoxy) is 6. The molecule has 2 rings (SSSR count). The number of unbranched alkanes of at least 4 members (excludes halogenated alkanes) is 25. The van der Waals surface area contributed by atoms with Crippen molar-refractivity contribution in [3.8, 4) is 0 Å². The first-order chi connectivity index (χ1) is 37.1. The lowest BCUT2D eigenvalue weighted by atomic mass is 9.98. The average molecular weight is 1080 g/mol. The number of carbonyl (C=O) groups is 1. The predicted molar refractivity (Wildman–Crippen MR) is 302 cm³/mol. The molecule has 14 nitrogen and oxygen atoms in total. The molecule has 76 heavy (non-hydrogen) atoms. The molecule has 14 heteroatoms. The van der Waals surface area contributed by atoms with Gasteiger partial charge in [0.2, 0.25) is 0 Å². The van der Waals surface area contributed by atoms with Crippen LogP contribution in [0.25, 0.3) is 0 Å². The molecule has 2 saturated heterocycles. The Hall–Kier alpha value is -2.31. The molecule has 0 saturated carbocycles. The number of carbonyl (C=O) groups excluding carboxylic acids is 1. The molecule has 2 aliphatic heterocycles. The van der Waals surface area contributed by atoms with E-state index in [0.29, 0.717) is 13.0 Å². The Balaban J connectivity index is 1.71. The summed E-state index contributed by atoms with van der Waals surface area (Å²) in [5.41, 5.74) is 0. The Kier molecular flexibility index (Phi) is 44.6. The third kappa shape index (κ3) is 34.6. The molecule has 0 aromatic heterocycles. The number of aliphatic hydroxyl groups is 7. The fourth-order valence-electron chi connectivity index (χ4n) is 9.43. The van der Waals surface area contributed by atoms with Gasteiger partial charge in [0.1, 0.15) is 54.9 Å². The SMILES string of the molecule is CC/C=C\C/C=C\C/C=C\C/C=C\C/C=C\CCCCCCCCOCC(COC1OC(COC2OC(CO)C(O)C(O)C2O)C(O)C(O)C1O)OC(=O)CCCCCCCCCCCCCCCCCCCCCC. The number of hydrogen-bond donors (Lipinski definition) is 7. The highest BCUT2D eigenvalue weighted by Crippen LogP contribution is 2.27. The minimum Gasteiger partial charge on any atom is -0.457 e. The fourth-order valence-corrected chi connectivity index (χ4v) is 9.43. The predicted octanol–water partition coefficient (Wildman–Crippen LogP) is 11.2. The second kappa shape index (κ2) is 48.6. The van der Waals surface area contributed by atoms with Crippen LogP contribution in [0.5, 0.6) is 0 Å². The van der Waals surface area contributed by atoms with E-state index in [-0.39, 0.29) is 25.6 Å². The smallest absolute Gasteiger partial charge is 0.306 e. The van der Waals surface area contributed by atoms with Crippen molar-refractivity contribution < 1.29 is 69.0 Å². The second-order valence-corrected chi connectivity index (χ2v) is 21.2. The maximum absolute atomic E-state index is 13.1. The Morgan fingerprint density at radius 1 is 0.447 bits per heavy atom. The molecule has 0 radical (unpaired) electrons. The van der Waals surface area contributed by atoms with Gasteiger partial charge in [-0.2, -0.15) is 0 Å². The van der Waals surface area contributed by atoms with Gasteiger partial charge in [-0.3, -0.25) is 4.79 Å². The molecule has 11 unspecified atom stereocenters. The van der Waals surface area contributed by atoms with Crippen molar-refractivity contribution in [2.45, 2.75) is 293 Å². The van der Waals surface area contributed by atoms with Gasteiger partial charge in [0.15, 0.2) is 12.6 Å².